The zero-order valence-electron chi connectivity index (χ0n) is 19.3. The zero-order chi connectivity index (χ0) is 23.7. The number of hydrogen-bond acceptors (Lipinski definition) is 6. The lowest BCUT2D eigenvalue weighted by atomic mass is 9.78. The van der Waals surface area contributed by atoms with Gasteiger partial charge in [0.1, 0.15) is 5.75 Å². The van der Waals surface area contributed by atoms with Crippen molar-refractivity contribution in [2.45, 2.75) is 31.7 Å². The topological polar surface area (TPSA) is 79.8 Å². The van der Waals surface area contributed by atoms with Gasteiger partial charge in [0, 0.05) is 17.7 Å². The molecule has 174 valence electrons. The summed E-state index contributed by atoms with van der Waals surface area (Å²) in [6.07, 6.45) is 1.08. The van der Waals surface area contributed by atoms with Crippen LogP contribution in [0.5, 0.6) is 17.2 Å². The first-order valence-corrected chi connectivity index (χ1v) is 11.6. The van der Waals surface area contributed by atoms with Gasteiger partial charge in [-0.1, -0.05) is 30.3 Å². The molecule has 0 aromatic heterocycles. The first kappa shape index (κ1) is 21.9. The molecule has 0 bridgehead atoms. The molecule has 1 heterocycles. The molecule has 6 nitrogen and oxygen atoms in total. The number of ketones is 1. The molecule has 1 aliphatic heterocycles. The largest absolute Gasteiger partial charge is 0.508 e. The number of fused-ring (bicyclic) bond motifs is 1. The number of methoxy groups -OCH3 is 1. The van der Waals surface area contributed by atoms with Crippen molar-refractivity contribution in [2.24, 2.45) is 0 Å². The number of carbonyl (C=O) groups is 1. The molecule has 0 spiro atoms. The van der Waals surface area contributed by atoms with Gasteiger partial charge in [-0.25, -0.2) is 0 Å². The van der Waals surface area contributed by atoms with E-state index < -0.39 is 0 Å². The summed E-state index contributed by atoms with van der Waals surface area (Å²) in [6, 6.07) is 20.6. The minimum absolute atomic E-state index is 0.0124. The van der Waals surface area contributed by atoms with E-state index in [2.05, 4.69) is 10.6 Å². The van der Waals surface area contributed by atoms with Crippen LogP contribution in [-0.4, -0.2) is 24.6 Å². The van der Waals surface area contributed by atoms with Crippen molar-refractivity contribution >= 4 is 17.2 Å². The number of allylic oxidation sites excluding steroid dienone is 1. The van der Waals surface area contributed by atoms with Crippen molar-refractivity contribution in [1.82, 2.24) is 0 Å². The average molecular weight is 457 g/mol. The lowest BCUT2D eigenvalue weighted by Gasteiger charge is -2.30. The Labute approximate surface area is 199 Å². The molecule has 0 saturated heterocycles. The van der Waals surface area contributed by atoms with Crippen LogP contribution in [-0.2, 0) is 4.79 Å². The van der Waals surface area contributed by atoms with E-state index in [4.69, 9.17) is 9.47 Å². The second-order valence-corrected chi connectivity index (χ2v) is 8.61. The van der Waals surface area contributed by atoms with Crippen molar-refractivity contribution in [3.05, 3.63) is 89.1 Å². The number of phenolic OH excluding ortho intramolecular Hbond substituents is 1. The van der Waals surface area contributed by atoms with Gasteiger partial charge in [0.2, 0.25) is 0 Å². The fourth-order valence-electron chi connectivity index (χ4n) is 4.90. The van der Waals surface area contributed by atoms with Crippen LogP contribution in [0, 0.1) is 0 Å². The summed E-state index contributed by atoms with van der Waals surface area (Å²) >= 11 is 0. The molecular weight excluding hydrogens is 428 g/mol. The van der Waals surface area contributed by atoms with Crippen LogP contribution >= 0.6 is 0 Å². The highest BCUT2D eigenvalue weighted by molar-refractivity contribution is 6.01. The number of benzene rings is 3. The SMILES string of the molecule is CCOc1ccc([C@@H]2CC(=O)C3=C(C2)Nc2ccccc2N[C@H]3c2cccc(O)c2)cc1OC. The van der Waals surface area contributed by atoms with E-state index in [0.717, 1.165) is 33.8 Å². The third kappa shape index (κ3) is 4.07. The van der Waals surface area contributed by atoms with E-state index in [1.165, 1.54) is 0 Å². The van der Waals surface area contributed by atoms with Crippen molar-refractivity contribution in [2.75, 3.05) is 24.4 Å². The summed E-state index contributed by atoms with van der Waals surface area (Å²) in [4.78, 5) is 13.7. The number of ether oxygens (including phenoxy) is 2. The second-order valence-electron chi connectivity index (χ2n) is 8.61. The van der Waals surface area contributed by atoms with Crippen LogP contribution in [0.3, 0.4) is 0 Å². The van der Waals surface area contributed by atoms with Crippen molar-refractivity contribution in [3.8, 4) is 17.2 Å². The predicted octanol–water partition coefficient (Wildman–Crippen LogP) is 5.78. The van der Waals surface area contributed by atoms with Gasteiger partial charge in [-0.2, -0.15) is 0 Å². The number of phenols is 1. The Morgan fingerprint density at radius 1 is 0.941 bits per heavy atom. The monoisotopic (exact) mass is 456 g/mol. The molecule has 1 aliphatic carbocycles. The molecule has 0 unspecified atom stereocenters. The predicted molar refractivity (Wildman–Crippen MR) is 133 cm³/mol. The lowest BCUT2D eigenvalue weighted by molar-refractivity contribution is -0.116. The van der Waals surface area contributed by atoms with E-state index in [1.807, 2.05) is 55.5 Å². The third-order valence-corrected chi connectivity index (χ3v) is 6.47. The maximum Gasteiger partial charge on any atom is 0.163 e. The highest BCUT2D eigenvalue weighted by Gasteiger charge is 2.36. The summed E-state index contributed by atoms with van der Waals surface area (Å²) in [5, 5.41) is 17.2. The quantitative estimate of drug-likeness (QED) is 0.452. The molecule has 2 aliphatic rings. The van der Waals surface area contributed by atoms with Gasteiger partial charge in [-0.05, 0) is 66.8 Å². The Morgan fingerprint density at radius 3 is 2.53 bits per heavy atom. The summed E-state index contributed by atoms with van der Waals surface area (Å²) in [5.41, 5.74) is 5.35. The molecule has 3 aromatic rings. The van der Waals surface area contributed by atoms with E-state index in [1.54, 1.807) is 25.3 Å². The molecule has 3 N–H and O–H groups in total. The van der Waals surface area contributed by atoms with Crippen LogP contribution < -0.4 is 20.1 Å². The summed E-state index contributed by atoms with van der Waals surface area (Å²) in [6.45, 7) is 2.49. The van der Waals surface area contributed by atoms with Gasteiger partial charge in [-0.15, -0.1) is 0 Å². The van der Waals surface area contributed by atoms with E-state index in [9.17, 15) is 9.90 Å². The average Bonchev–Trinajstić information content (AvgIpc) is 3.01. The molecular formula is C28H28N2O4. The number of Topliss-reactive ketones (excluding diaryl/α,β-unsaturated/α-hetero) is 1. The first-order chi connectivity index (χ1) is 16.6. The van der Waals surface area contributed by atoms with Crippen LogP contribution in [0.25, 0.3) is 0 Å². The van der Waals surface area contributed by atoms with E-state index in [0.29, 0.717) is 30.9 Å². The van der Waals surface area contributed by atoms with Crippen LogP contribution in [0.4, 0.5) is 11.4 Å². The number of anilines is 2. The number of hydrogen-bond donors (Lipinski definition) is 3. The standard InChI is InChI=1S/C28H28N2O4/c1-3-34-25-12-11-17(16-26(25)33-2)19-14-23-27(24(32)15-19)28(18-7-6-8-20(31)13-18)30-22-10-5-4-9-21(22)29-23/h4-13,16,19,28-31H,3,14-15H2,1-2H3/t19-,28-/m0/s1. The molecule has 2 atom stereocenters. The number of aromatic hydroxyl groups is 1. The minimum Gasteiger partial charge on any atom is -0.508 e. The van der Waals surface area contributed by atoms with E-state index >= 15 is 0 Å². The van der Waals surface area contributed by atoms with Gasteiger partial charge in [0.25, 0.3) is 0 Å². The maximum absolute atomic E-state index is 13.7. The van der Waals surface area contributed by atoms with Gasteiger partial charge in [0.15, 0.2) is 17.3 Å². The summed E-state index contributed by atoms with van der Waals surface area (Å²) in [7, 11) is 1.63. The molecule has 0 radical (unpaired) electrons. The Balaban J connectivity index is 1.56. The van der Waals surface area contributed by atoms with Crippen molar-refractivity contribution < 1.29 is 19.4 Å². The van der Waals surface area contributed by atoms with Gasteiger partial charge in [0.05, 0.1) is 31.1 Å². The molecule has 0 saturated carbocycles. The molecule has 6 heteroatoms. The Kier molecular flexibility index (Phi) is 5.88. The Bertz CT molecular complexity index is 1270. The molecule has 5 rings (SSSR count). The highest BCUT2D eigenvalue weighted by atomic mass is 16.5. The van der Waals surface area contributed by atoms with Crippen LogP contribution in [0.1, 0.15) is 42.9 Å². The number of para-hydroxylation sites is 2. The molecule has 0 fully saturated rings. The van der Waals surface area contributed by atoms with E-state index in [-0.39, 0.29) is 23.5 Å². The highest BCUT2D eigenvalue weighted by Crippen LogP contribution is 2.45. The minimum atomic E-state index is -0.360. The van der Waals surface area contributed by atoms with Gasteiger partial charge in [-0.3, -0.25) is 4.79 Å². The smallest absolute Gasteiger partial charge is 0.163 e. The maximum atomic E-state index is 13.7. The lowest BCUT2D eigenvalue weighted by Crippen LogP contribution is -2.26. The Hall–Kier alpha value is -3.93. The first-order valence-electron chi connectivity index (χ1n) is 11.6. The Morgan fingerprint density at radius 2 is 1.76 bits per heavy atom. The van der Waals surface area contributed by atoms with Crippen molar-refractivity contribution in [1.29, 1.82) is 0 Å². The van der Waals surface area contributed by atoms with Crippen LogP contribution in [0.2, 0.25) is 0 Å². The normalized spacial score (nSPS) is 19.3. The number of rotatable bonds is 5. The molecule has 3 aromatic carbocycles. The molecule has 34 heavy (non-hydrogen) atoms. The number of carbonyl (C=O) groups excluding carboxylic acids is 1. The molecule has 0 amide bonds. The van der Waals surface area contributed by atoms with Crippen molar-refractivity contribution in [3.63, 3.8) is 0 Å². The fraction of sp³-hybridized carbons (Fsp3) is 0.250. The van der Waals surface area contributed by atoms with Gasteiger partial charge >= 0.3 is 0 Å². The fourth-order valence-corrected chi connectivity index (χ4v) is 4.90. The van der Waals surface area contributed by atoms with Crippen LogP contribution in [0.15, 0.2) is 78.0 Å². The van der Waals surface area contributed by atoms with Gasteiger partial charge < -0.3 is 25.2 Å². The zero-order valence-corrected chi connectivity index (χ0v) is 19.3. The summed E-state index contributed by atoms with van der Waals surface area (Å²) in [5.74, 6) is 1.64. The third-order valence-electron chi connectivity index (χ3n) is 6.47. The second kappa shape index (κ2) is 9.14. The summed E-state index contributed by atoms with van der Waals surface area (Å²) < 4.78 is 11.2. The number of nitrogens with one attached hydrogen (secondary N) is 2.